The van der Waals surface area contributed by atoms with Gasteiger partial charge >= 0.3 is 0 Å². The summed E-state index contributed by atoms with van der Waals surface area (Å²) in [6.45, 7) is 5.27. The van der Waals surface area contributed by atoms with Crippen molar-refractivity contribution in [2.75, 3.05) is 20.1 Å². The first-order valence-corrected chi connectivity index (χ1v) is 11.3. The number of carbonyl (C=O) groups excluding carboxylic acids is 2. The summed E-state index contributed by atoms with van der Waals surface area (Å²) in [6.07, 6.45) is 8.75. The molecule has 0 fully saturated rings. The fourth-order valence-electron chi connectivity index (χ4n) is 3.16. The van der Waals surface area contributed by atoms with Gasteiger partial charge in [-0.15, -0.1) is 0 Å². The van der Waals surface area contributed by atoms with Crippen LogP contribution in [0.25, 0.3) is 0 Å². The standard InChI is InChI=1S/C25H39N3O4/c1-4-24(15-16-28(3)19-29)32-20(2)9-5-8-12-25(31)27-18-23(30)14-13-21-10-6-7-11-22(21)17-26/h5-11,19,23-24,30H,4,12-18,26H2,1-3H3,(H,27,31)/b8-5-,20-9+. The molecule has 4 N–H and O–H groups in total. The minimum Gasteiger partial charge on any atom is -0.495 e. The van der Waals surface area contributed by atoms with Crippen LogP contribution in [0.15, 0.2) is 48.3 Å². The molecule has 0 aliphatic rings. The molecule has 0 spiro atoms. The first kappa shape index (κ1) is 27.4. The molecule has 0 heterocycles. The minimum absolute atomic E-state index is 0.0450. The van der Waals surface area contributed by atoms with Gasteiger partial charge in [0.15, 0.2) is 0 Å². The number of aliphatic hydroxyl groups is 1. The Balaban J connectivity index is 2.30. The molecular weight excluding hydrogens is 406 g/mol. The zero-order valence-electron chi connectivity index (χ0n) is 19.6. The van der Waals surface area contributed by atoms with E-state index in [1.54, 1.807) is 24.1 Å². The van der Waals surface area contributed by atoms with Crippen molar-refractivity contribution < 1.29 is 19.4 Å². The number of nitrogens with two attached hydrogens (primary N) is 1. The lowest BCUT2D eigenvalue weighted by molar-refractivity contribution is -0.120. The molecule has 32 heavy (non-hydrogen) atoms. The van der Waals surface area contributed by atoms with E-state index in [1.807, 2.05) is 44.2 Å². The summed E-state index contributed by atoms with van der Waals surface area (Å²) in [4.78, 5) is 24.3. The van der Waals surface area contributed by atoms with E-state index in [9.17, 15) is 14.7 Å². The number of aliphatic hydroxyl groups excluding tert-OH is 1. The van der Waals surface area contributed by atoms with Gasteiger partial charge in [-0.2, -0.15) is 0 Å². The molecule has 0 radical (unpaired) electrons. The molecule has 2 unspecified atom stereocenters. The lowest BCUT2D eigenvalue weighted by Gasteiger charge is -2.20. The molecule has 2 atom stereocenters. The zero-order chi connectivity index (χ0) is 23.8. The largest absolute Gasteiger partial charge is 0.495 e. The first-order valence-electron chi connectivity index (χ1n) is 11.3. The van der Waals surface area contributed by atoms with Crippen molar-refractivity contribution in [2.24, 2.45) is 5.73 Å². The second-order valence-corrected chi connectivity index (χ2v) is 7.90. The molecule has 0 aliphatic heterocycles. The summed E-state index contributed by atoms with van der Waals surface area (Å²) in [5, 5.41) is 12.9. The summed E-state index contributed by atoms with van der Waals surface area (Å²) in [5.41, 5.74) is 7.96. The highest BCUT2D eigenvalue weighted by atomic mass is 16.5. The van der Waals surface area contributed by atoms with Crippen LogP contribution in [0.1, 0.15) is 50.7 Å². The average molecular weight is 446 g/mol. The van der Waals surface area contributed by atoms with Crippen LogP contribution in [0.3, 0.4) is 0 Å². The third-order valence-corrected chi connectivity index (χ3v) is 5.18. The highest BCUT2D eigenvalue weighted by Gasteiger charge is 2.09. The number of allylic oxidation sites excluding steroid dienone is 3. The quantitative estimate of drug-likeness (QED) is 0.206. The molecule has 0 bridgehead atoms. The van der Waals surface area contributed by atoms with Crippen molar-refractivity contribution in [3.05, 3.63) is 59.4 Å². The van der Waals surface area contributed by atoms with E-state index in [4.69, 9.17) is 10.5 Å². The van der Waals surface area contributed by atoms with E-state index >= 15 is 0 Å². The maximum Gasteiger partial charge on any atom is 0.223 e. The first-order chi connectivity index (χ1) is 15.4. The Bertz CT molecular complexity index is 748. The third kappa shape index (κ3) is 11.7. The van der Waals surface area contributed by atoms with E-state index < -0.39 is 6.10 Å². The fourth-order valence-corrected chi connectivity index (χ4v) is 3.16. The van der Waals surface area contributed by atoms with Gasteiger partial charge in [0.05, 0.1) is 18.0 Å². The van der Waals surface area contributed by atoms with Crippen molar-refractivity contribution in [1.29, 1.82) is 0 Å². The van der Waals surface area contributed by atoms with Gasteiger partial charge in [0.25, 0.3) is 0 Å². The SMILES string of the molecule is CCC(CCN(C)C=O)O/C(C)=C/C=C\CC(=O)NCC(O)CCc1ccccc1CN. The minimum atomic E-state index is -0.603. The van der Waals surface area contributed by atoms with Crippen molar-refractivity contribution in [1.82, 2.24) is 10.2 Å². The van der Waals surface area contributed by atoms with Gasteiger partial charge in [0.1, 0.15) is 0 Å². The van der Waals surface area contributed by atoms with Crippen LogP contribution in [-0.4, -0.2) is 54.7 Å². The number of benzene rings is 1. The Kier molecular flexibility index (Phi) is 13.7. The second-order valence-electron chi connectivity index (χ2n) is 7.90. The van der Waals surface area contributed by atoms with Crippen LogP contribution in [0, 0.1) is 0 Å². The van der Waals surface area contributed by atoms with Crippen molar-refractivity contribution in [2.45, 2.75) is 64.7 Å². The van der Waals surface area contributed by atoms with Crippen molar-refractivity contribution in [3.8, 4) is 0 Å². The number of amides is 2. The van der Waals surface area contributed by atoms with Gasteiger partial charge in [0.2, 0.25) is 12.3 Å². The van der Waals surface area contributed by atoms with Crippen LogP contribution in [-0.2, 0) is 27.3 Å². The van der Waals surface area contributed by atoms with Gasteiger partial charge in [-0.1, -0.05) is 43.3 Å². The molecule has 1 aromatic carbocycles. The van der Waals surface area contributed by atoms with E-state index in [0.717, 1.165) is 42.6 Å². The average Bonchev–Trinajstić information content (AvgIpc) is 2.81. The third-order valence-electron chi connectivity index (χ3n) is 5.18. The fraction of sp³-hybridized carbons (Fsp3) is 0.520. The zero-order valence-corrected chi connectivity index (χ0v) is 19.6. The van der Waals surface area contributed by atoms with E-state index in [2.05, 4.69) is 5.32 Å². The molecule has 178 valence electrons. The molecule has 0 saturated carbocycles. The summed E-state index contributed by atoms with van der Waals surface area (Å²) in [5.74, 6) is 0.619. The molecule has 0 aromatic heterocycles. The van der Waals surface area contributed by atoms with E-state index in [0.29, 0.717) is 19.5 Å². The lowest BCUT2D eigenvalue weighted by Crippen LogP contribution is -2.32. The number of ether oxygens (including phenoxy) is 1. The lowest BCUT2D eigenvalue weighted by atomic mass is 10.0. The van der Waals surface area contributed by atoms with Crippen LogP contribution in [0.2, 0.25) is 0 Å². The number of nitrogens with one attached hydrogen (secondary N) is 1. The van der Waals surface area contributed by atoms with Gasteiger partial charge in [-0.3, -0.25) is 9.59 Å². The molecule has 1 rings (SSSR count). The van der Waals surface area contributed by atoms with Gasteiger partial charge < -0.3 is 25.8 Å². The number of nitrogens with zero attached hydrogens (tertiary/aromatic N) is 1. The summed E-state index contributed by atoms with van der Waals surface area (Å²) in [6, 6.07) is 7.93. The molecule has 7 nitrogen and oxygen atoms in total. The number of aryl methyl sites for hydroxylation is 1. The van der Waals surface area contributed by atoms with Gasteiger partial charge in [-0.25, -0.2) is 0 Å². The highest BCUT2D eigenvalue weighted by molar-refractivity contribution is 5.77. The van der Waals surface area contributed by atoms with E-state index in [-0.39, 0.29) is 25.0 Å². The Labute approximate surface area is 192 Å². The topological polar surface area (TPSA) is 105 Å². The molecule has 2 amide bonds. The normalized spacial score (nSPS) is 13.6. The maximum atomic E-state index is 12.0. The predicted molar refractivity (Wildman–Crippen MR) is 128 cm³/mol. The maximum absolute atomic E-state index is 12.0. The highest BCUT2D eigenvalue weighted by Crippen LogP contribution is 2.12. The Morgan fingerprint density at radius 1 is 1.28 bits per heavy atom. The Morgan fingerprint density at radius 3 is 2.66 bits per heavy atom. The Hall–Kier alpha value is -2.64. The Morgan fingerprint density at radius 2 is 2.00 bits per heavy atom. The molecule has 0 aliphatic carbocycles. The molecule has 0 saturated heterocycles. The number of hydrogen-bond donors (Lipinski definition) is 3. The van der Waals surface area contributed by atoms with Crippen LogP contribution < -0.4 is 11.1 Å². The van der Waals surface area contributed by atoms with Crippen LogP contribution >= 0.6 is 0 Å². The number of hydrogen-bond acceptors (Lipinski definition) is 5. The monoisotopic (exact) mass is 445 g/mol. The van der Waals surface area contributed by atoms with Crippen molar-refractivity contribution >= 4 is 12.3 Å². The summed E-state index contributed by atoms with van der Waals surface area (Å²) < 4.78 is 5.89. The number of carbonyl (C=O) groups is 2. The van der Waals surface area contributed by atoms with Crippen LogP contribution in [0.5, 0.6) is 0 Å². The number of rotatable bonds is 16. The smallest absolute Gasteiger partial charge is 0.223 e. The second kappa shape index (κ2) is 16.1. The molecule has 1 aromatic rings. The van der Waals surface area contributed by atoms with E-state index in [1.165, 1.54) is 0 Å². The van der Waals surface area contributed by atoms with Gasteiger partial charge in [-0.05, 0) is 43.4 Å². The van der Waals surface area contributed by atoms with Crippen molar-refractivity contribution in [3.63, 3.8) is 0 Å². The summed E-state index contributed by atoms with van der Waals surface area (Å²) >= 11 is 0. The molecule has 7 heteroatoms. The summed E-state index contributed by atoms with van der Waals surface area (Å²) in [7, 11) is 1.75. The van der Waals surface area contributed by atoms with Crippen LogP contribution in [0.4, 0.5) is 0 Å². The van der Waals surface area contributed by atoms with Gasteiger partial charge in [0, 0.05) is 39.5 Å². The molecular formula is C25H39N3O4. The predicted octanol–water partition coefficient (Wildman–Crippen LogP) is 2.68.